The number of nitrogens with one attached hydrogen (secondary N) is 2. The third-order valence-electron chi connectivity index (χ3n) is 4.70. The Bertz CT molecular complexity index is 1230. The van der Waals surface area contributed by atoms with E-state index in [1.165, 1.54) is 0 Å². The van der Waals surface area contributed by atoms with Crippen LogP contribution in [0.5, 0.6) is 0 Å². The maximum Gasteiger partial charge on any atom is 0.293 e. The van der Waals surface area contributed by atoms with Crippen molar-refractivity contribution < 1.29 is 27.2 Å². The van der Waals surface area contributed by atoms with Gasteiger partial charge in [0.05, 0.1) is 15.4 Å². The van der Waals surface area contributed by atoms with Gasteiger partial charge in [-0.25, -0.2) is 17.5 Å². The smallest absolute Gasteiger partial charge is 0.293 e. The summed E-state index contributed by atoms with van der Waals surface area (Å²) >= 11 is 0.800. The first-order valence-electron chi connectivity index (χ1n) is 10.0. The zero-order valence-corrected chi connectivity index (χ0v) is 19.6. The summed E-state index contributed by atoms with van der Waals surface area (Å²) in [5, 5.41) is 1.95. The van der Waals surface area contributed by atoms with Gasteiger partial charge in [-0.05, 0) is 48.5 Å². The summed E-state index contributed by atoms with van der Waals surface area (Å²) in [4.78, 5) is 38.2. The van der Waals surface area contributed by atoms with Crippen LogP contribution in [0.4, 0.5) is 9.18 Å². The second-order valence-corrected chi connectivity index (χ2v) is 9.90. The van der Waals surface area contributed by atoms with E-state index in [4.69, 9.17) is 0 Å². The van der Waals surface area contributed by atoms with Crippen molar-refractivity contribution in [3.8, 4) is 0 Å². The van der Waals surface area contributed by atoms with Crippen LogP contribution in [0.15, 0.2) is 52.3 Å². The molecule has 2 N–H and O–H groups in total. The Hall–Kier alpha value is -3.02. The topological polar surface area (TPSA) is 113 Å². The van der Waals surface area contributed by atoms with E-state index in [9.17, 15) is 27.2 Å². The number of carbonyl (C=O) groups excluding carboxylic acids is 3. The summed E-state index contributed by atoms with van der Waals surface area (Å²) in [6, 6.07) is 10.3. The standard InChI is InChI=1S/C22H22FN3O5S2/c1-3-25-33(30,31)16-8-9-18(23)17(13-16)20(27)24-10-11-26-21(28)19(32-22(26)29)12-15-6-4-14(2)5-7-15/h4-9,12-13,25H,3,10-11H2,1-2H3,(H,24,27). The van der Waals surface area contributed by atoms with Crippen LogP contribution in [-0.2, 0) is 14.8 Å². The minimum absolute atomic E-state index is 0.112. The van der Waals surface area contributed by atoms with Crippen LogP contribution < -0.4 is 10.0 Å². The lowest BCUT2D eigenvalue weighted by Gasteiger charge is -2.13. The number of thioether (sulfide) groups is 1. The van der Waals surface area contributed by atoms with Crippen LogP contribution in [0.2, 0.25) is 0 Å². The number of carbonyl (C=O) groups is 3. The van der Waals surface area contributed by atoms with E-state index in [1.807, 2.05) is 31.2 Å². The zero-order valence-electron chi connectivity index (χ0n) is 17.9. The molecule has 3 amide bonds. The molecule has 0 aliphatic carbocycles. The van der Waals surface area contributed by atoms with Crippen molar-refractivity contribution >= 4 is 44.9 Å². The molecule has 0 saturated carbocycles. The van der Waals surface area contributed by atoms with Crippen molar-refractivity contribution in [3.05, 3.63) is 69.9 Å². The Morgan fingerprint density at radius 1 is 1.15 bits per heavy atom. The van der Waals surface area contributed by atoms with Crippen molar-refractivity contribution in [1.82, 2.24) is 14.9 Å². The maximum absolute atomic E-state index is 14.1. The van der Waals surface area contributed by atoms with Gasteiger partial charge in [-0.2, -0.15) is 0 Å². The fraction of sp³-hybridized carbons (Fsp3) is 0.227. The van der Waals surface area contributed by atoms with E-state index in [0.29, 0.717) is 0 Å². The van der Waals surface area contributed by atoms with E-state index >= 15 is 0 Å². The predicted molar refractivity (Wildman–Crippen MR) is 123 cm³/mol. The number of hydrogen-bond acceptors (Lipinski definition) is 6. The summed E-state index contributed by atoms with van der Waals surface area (Å²) in [5.74, 6) is -2.23. The molecule has 1 aliphatic heterocycles. The van der Waals surface area contributed by atoms with Gasteiger partial charge in [0, 0.05) is 19.6 Å². The zero-order chi connectivity index (χ0) is 24.2. The third-order valence-corrected chi connectivity index (χ3v) is 7.15. The summed E-state index contributed by atoms with van der Waals surface area (Å²) in [6.45, 7) is 3.43. The molecule has 2 aromatic rings. The summed E-state index contributed by atoms with van der Waals surface area (Å²) in [5.41, 5.74) is 1.39. The second-order valence-electron chi connectivity index (χ2n) is 7.14. The molecule has 8 nitrogen and oxygen atoms in total. The van der Waals surface area contributed by atoms with Gasteiger partial charge in [0.25, 0.3) is 17.1 Å². The summed E-state index contributed by atoms with van der Waals surface area (Å²) in [6.07, 6.45) is 1.62. The summed E-state index contributed by atoms with van der Waals surface area (Å²) < 4.78 is 40.6. The first kappa shape index (κ1) is 24.6. The Kier molecular flexibility index (Phi) is 7.67. The highest BCUT2D eigenvalue weighted by Gasteiger charge is 2.34. The molecule has 0 radical (unpaired) electrons. The van der Waals surface area contributed by atoms with Crippen molar-refractivity contribution in [2.75, 3.05) is 19.6 Å². The highest BCUT2D eigenvalue weighted by Crippen LogP contribution is 2.31. The van der Waals surface area contributed by atoms with Crippen LogP contribution in [-0.4, -0.2) is 50.0 Å². The largest absolute Gasteiger partial charge is 0.350 e. The maximum atomic E-state index is 14.1. The molecule has 33 heavy (non-hydrogen) atoms. The summed E-state index contributed by atoms with van der Waals surface area (Å²) in [7, 11) is -3.87. The van der Waals surface area contributed by atoms with Crippen LogP contribution >= 0.6 is 11.8 Å². The Morgan fingerprint density at radius 3 is 2.52 bits per heavy atom. The third kappa shape index (κ3) is 5.86. The molecule has 0 spiro atoms. The molecule has 0 unspecified atom stereocenters. The van der Waals surface area contributed by atoms with Gasteiger partial charge in [-0.15, -0.1) is 0 Å². The first-order valence-corrected chi connectivity index (χ1v) is 12.3. The fourth-order valence-corrected chi connectivity index (χ4v) is 4.93. The van der Waals surface area contributed by atoms with Crippen LogP contribution in [0, 0.1) is 12.7 Å². The van der Waals surface area contributed by atoms with Gasteiger partial charge in [-0.3, -0.25) is 19.3 Å². The fourth-order valence-electron chi connectivity index (χ4n) is 3.00. The Morgan fingerprint density at radius 2 is 1.85 bits per heavy atom. The van der Waals surface area contributed by atoms with E-state index in [1.54, 1.807) is 13.0 Å². The number of benzene rings is 2. The van der Waals surface area contributed by atoms with Crippen molar-refractivity contribution in [2.24, 2.45) is 0 Å². The van der Waals surface area contributed by atoms with Gasteiger partial charge >= 0.3 is 0 Å². The van der Waals surface area contributed by atoms with Crippen molar-refractivity contribution in [3.63, 3.8) is 0 Å². The quantitative estimate of drug-likeness (QED) is 0.549. The molecule has 3 rings (SSSR count). The second kappa shape index (κ2) is 10.3. The number of rotatable bonds is 8. The number of halogens is 1. The Labute approximate surface area is 195 Å². The molecule has 1 heterocycles. The van der Waals surface area contributed by atoms with Crippen LogP contribution in [0.3, 0.4) is 0 Å². The lowest BCUT2D eigenvalue weighted by Crippen LogP contribution is -2.37. The van der Waals surface area contributed by atoms with Gasteiger partial charge in [0.15, 0.2) is 0 Å². The van der Waals surface area contributed by atoms with Crippen molar-refractivity contribution in [1.29, 1.82) is 0 Å². The van der Waals surface area contributed by atoms with E-state index in [0.717, 1.165) is 46.0 Å². The lowest BCUT2D eigenvalue weighted by atomic mass is 10.1. The first-order chi connectivity index (χ1) is 15.6. The highest BCUT2D eigenvalue weighted by molar-refractivity contribution is 8.18. The van der Waals surface area contributed by atoms with Gasteiger partial charge in [-0.1, -0.05) is 36.8 Å². The number of nitrogens with zero attached hydrogens (tertiary/aromatic N) is 1. The highest BCUT2D eigenvalue weighted by atomic mass is 32.2. The number of imide groups is 1. The number of hydrogen-bond donors (Lipinski definition) is 2. The van der Waals surface area contributed by atoms with Crippen LogP contribution in [0.25, 0.3) is 6.08 Å². The van der Waals surface area contributed by atoms with E-state index in [-0.39, 0.29) is 29.4 Å². The SMILES string of the molecule is CCNS(=O)(=O)c1ccc(F)c(C(=O)NCCN2C(=O)SC(=Cc3ccc(C)cc3)C2=O)c1. The molecule has 0 aromatic heterocycles. The molecule has 1 aliphatic rings. The number of aryl methyl sites for hydroxylation is 1. The average Bonchev–Trinajstić information content (AvgIpc) is 3.02. The predicted octanol–water partition coefficient (Wildman–Crippen LogP) is 2.90. The Balaban J connectivity index is 1.64. The minimum Gasteiger partial charge on any atom is -0.350 e. The molecule has 174 valence electrons. The molecular weight excluding hydrogens is 469 g/mol. The molecule has 2 aromatic carbocycles. The monoisotopic (exact) mass is 491 g/mol. The molecule has 1 saturated heterocycles. The van der Waals surface area contributed by atoms with E-state index < -0.39 is 38.5 Å². The molecule has 0 atom stereocenters. The molecule has 0 bridgehead atoms. The van der Waals surface area contributed by atoms with Crippen LogP contribution in [0.1, 0.15) is 28.4 Å². The number of amides is 3. The molecular formula is C22H22FN3O5S2. The normalized spacial score (nSPS) is 15.4. The van der Waals surface area contributed by atoms with Gasteiger partial charge < -0.3 is 5.32 Å². The lowest BCUT2D eigenvalue weighted by molar-refractivity contribution is -0.122. The van der Waals surface area contributed by atoms with Gasteiger partial charge in [0.1, 0.15) is 5.82 Å². The van der Waals surface area contributed by atoms with Gasteiger partial charge in [0.2, 0.25) is 10.0 Å². The molecule has 1 fully saturated rings. The van der Waals surface area contributed by atoms with Crippen molar-refractivity contribution in [2.45, 2.75) is 18.7 Å². The number of sulfonamides is 1. The average molecular weight is 492 g/mol. The van der Waals surface area contributed by atoms with E-state index in [2.05, 4.69) is 10.0 Å². The molecule has 11 heteroatoms. The minimum atomic E-state index is -3.87.